The van der Waals surface area contributed by atoms with Crippen LogP contribution in [-0.2, 0) is 21.0 Å². The number of hydrogen-bond donors (Lipinski definition) is 4. The van der Waals surface area contributed by atoms with E-state index < -0.39 is 44.8 Å². The minimum atomic E-state index is -4.89. The van der Waals surface area contributed by atoms with E-state index >= 15 is 0 Å². The molecule has 13 heteroatoms. The summed E-state index contributed by atoms with van der Waals surface area (Å²) in [4.78, 5) is 30.0. The second-order valence-electron chi connectivity index (χ2n) is 8.34. The van der Waals surface area contributed by atoms with Gasteiger partial charge in [-0.1, -0.05) is 13.8 Å². The topological polar surface area (TPSA) is 123 Å². The molecule has 1 aliphatic heterocycles. The molecular formula is C23H28F3N5O4S. The quantitative estimate of drug-likeness (QED) is 0.373. The van der Waals surface area contributed by atoms with E-state index in [1.807, 2.05) is 18.7 Å². The van der Waals surface area contributed by atoms with Crippen LogP contribution in [0, 0.1) is 6.92 Å². The number of aryl methyl sites for hydroxylation is 1. The van der Waals surface area contributed by atoms with E-state index in [9.17, 15) is 31.2 Å². The number of aromatic nitrogens is 1. The fraction of sp³-hybridized carbons (Fsp3) is 0.391. The molecule has 0 atom stereocenters. The predicted molar refractivity (Wildman–Crippen MR) is 132 cm³/mol. The molecule has 1 aromatic carbocycles. The van der Waals surface area contributed by atoms with Gasteiger partial charge in [0.25, 0.3) is 11.8 Å². The van der Waals surface area contributed by atoms with Gasteiger partial charge in [0.2, 0.25) is 10.0 Å². The Hall–Kier alpha value is -3.32. The van der Waals surface area contributed by atoms with E-state index in [1.54, 1.807) is 0 Å². The zero-order valence-electron chi connectivity index (χ0n) is 20.3. The third-order valence-corrected chi connectivity index (χ3v) is 6.34. The van der Waals surface area contributed by atoms with E-state index in [0.29, 0.717) is 12.2 Å². The number of fused-ring (bicyclic) bond motifs is 1. The van der Waals surface area contributed by atoms with Crippen molar-refractivity contribution >= 4 is 44.9 Å². The number of carbonyl (C=O) groups is 2. The number of rotatable bonds is 9. The monoisotopic (exact) mass is 527 g/mol. The van der Waals surface area contributed by atoms with Gasteiger partial charge in [0.1, 0.15) is 0 Å². The highest BCUT2D eigenvalue weighted by atomic mass is 32.2. The van der Waals surface area contributed by atoms with Crippen molar-refractivity contribution < 1.29 is 31.2 Å². The first-order valence-corrected chi connectivity index (χ1v) is 13.1. The van der Waals surface area contributed by atoms with Crippen molar-refractivity contribution in [1.29, 1.82) is 0 Å². The molecule has 0 unspecified atom stereocenters. The lowest BCUT2D eigenvalue weighted by atomic mass is 10.0. The molecule has 3 rings (SSSR count). The summed E-state index contributed by atoms with van der Waals surface area (Å²) in [7, 11) is -3.62. The number of amides is 2. The lowest BCUT2D eigenvalue weighted by Crippen LogP contribution is -2.35. The van der Waals surface area contributed by atoms with Crippen molar-refractivity contribution in [3.8, 4) is 0 Å². The highest BCUT2D eigenvalue weighted by Gasteiger charge is 2.41. The summed E-state index contributed by atoms with van der Waals surface area (Å²) < 4.78 is 67.8. The molecule has 0 fully saturated rings. The number of anilines is 2. The summed E-state index contributed by atoms with van der Waals surface area (Å²) in [6, 6.07) is 4.22. The minimum Gasteiger partial charge on any atom is -0.358 e. The summed E-state index contributed by atoms with van der Waals surface area (Å²) in [6.07, 6.45) is -2.92. The molecule has 2 heterocycles. The normalized spacial score (nSPS) is 14.8. The third kappa shape index (κ3) is 6.08. The van der Waals surface area contributed by atoms with Crippen molar-refractivity contribution in [2.24, 2.45) is 0 Å². The van der Waals surface area contributed by atoms with Crippen LogP contribution >= 0.6 is 0 Å². The Morgan fingerprint density at radius 3 is 2.44 bits per heavy atom. The summed E-state index contributed by atoms with van der Waals surface area (Å²) in [5, 5.41) is 5.09. The number of H-pyrrole nitrogens is 1. The van der Waals surface area contributed by atoms with E-state index in [2.05, 4.69) is 20.3 Å². The Bertz CT molecular complexity index is 1310. The summed E-state index contributed by atoms with van der Waals surface area (Å²) in [6.45, 7) is 7.39. The minimum absolute atomic E-state index is 0.000589. The maximum absolute atomic E-state index is 14.1. The van der Waals surface area contributed by atoms with E-state index in [1.165, 1.54) is 25.1 Å². The van der Waals surface area contributed by atoms with Gasteiger partial charge in [0.05, 0.1) is 28.6 Å². The lowest BCUT2D eigenvalue weighted by Gasteiger charge is -2.18. The molecule has 0 saturated carbocycles. The van der Waals surface area contributed by atoms with Crippen molar-refractivity contribution in [3.05, 3.63) is 46.3 Å². The summed E-state index contributed by atoms with van der Waals surface area (Å²) in [5.74, 6) is -1.53. The van der Waals surface area contributed by atoms with Crippen LogP contribution in [0.4, 0.5) is 24.5 Å². The van der Waals surface area contributed by atoms with Crippen molar-refractivity contribution in [3.63, 3.8) is 0 Å². The Labute approximate surface area is 207 Å². The number of hydrogen-bond acceptors (Lipinski definition) is 5. The van der Waals surface area contributed by atoms with Crippen LogP contribution in [0.1, 0.15) is 46.7 Å². The Balaban J connectivity index is 2.02. The maximum atomic E-state index is 14.1. The zero-order valence-corrected chi connectivity index (χ0v) is 21.1. The van der Waals surface area contributed by atoms with Crippen LogP contribution in [0.5, 0.6) is 0 Å². The standard InChI is InChI=1S/C23H28F3N5O4S/c1-5-31(6-2)10-9-27-22(33)19-13(3)28-18(20(19)23(24,25)26)12-16-15-11-14(30-36(4,34)35)7-8-17(15)29-21(16)32/h7-8,11-12,28,30H,5-6,9-10H2,1-4H3,(H,27,33)(H,29,32)/b16-12-. The summed E-state index contributed by atoms with van der Waals surface area (Å²) in [5.41, 5.74) is -1.60. The smallest absolute Gasteiger partial charge is 0.358 e. The molecule has 9 nitrogen and oxygen atoms in total. The molecule has 1 aliphatic rings. The van der Waals surface area contributed by atoms with Gasteiger partial charge in [-0.2, -0.15) is 13.2 Å². The van der Waals surface area contributed by atoms with Crippen LogP contribution in [0.2, 0.25) is 0 Å². The van der Waals surface area contributed by atoms with E-state index in [4.69, 9.17) is 0 Å². The molecule has 1 aromatic heterocycles. The maximum Gasteiger partial charge on any atom is 0.419 e. The van der Waals surface area contributed by atoms with Gasteiger partial charge < -0.3 is 20.5 Å². The number of sulfonamides is 1. The second-order valence-corrected chi connectivity index (χ2v) is 10.1. The molecule has 0 aliphatic carbocycles. The fourth-order valence-corrected chi connectivity index (χ4v) is 4.60. The molecule has 0 bridgehead atoms. The Morgan fingerprint density at radius 2 is 1.86 bits per heavy atom. The van der Waals surface area contributed by atoms with Crippen molar-refractivity contribution in [2.45, 2.75) is 26.9 Å². The first kappa shape index (κ1) is 27.3. The van der Waals surface area contributed by atoms with Crippen LogP contribution < -0.4 is 15.4 Å². The molecule has 196 valence electrons. The van der Waals surface area contributed by atoms with Crippen molar-refractivity contribution in [2.75, 3.05) is 42.5 Å². The molecule has 36 heavy (non-hydrogen) atoms. The van der Waals surface area contributed by atoms with Gasteiger partial charge in [-0.3, -0.25) is 14.3 Å². The fourth-order valence-electron chi connectivity index (χ4n) is 4.04. The van der Waals surface area contributed by atoms with Crippen LogP contribution in [0.25, 0.3) is 11.6 Å². The van der Waals surface area contributed by atoms with Gasteiger partial charge >= 0.3 is 6.18 Å². The van der Waals surface area contributed by atoms with Gasteiger partial charge in [-0.25, -0.2) is 8.42 Å². The van der Waals surface area contributed by atoms with Gasteiger partial charge in [0, 0.05) is 35.7 Å². The average molecular weight is 528 g/mol. The van der Waals surface area contributed by atoms with Crippen LogP contribution in [-0.4, -0.2) is 62.6 Å². The van der Waals surface area contributed by atoms with Crippen LogP contribution in [0.15, 0.2) is 18.2 Å². The number of alkyl halides is 3. The number of nitrogens with zero attached hydrogens (tertiary/aromatic N) is 1. The second kappa shape index (κ2) is 10.3. The van der Waals surface area contributed by atoms with Crippen molar-refractivity contribution in [1.82, 2.24) is 15.2 Å². The number of likely N-dealkylation sites (N-methyl/N-ethyl adjacent to an activating group) is 1. The average Bonchev–Trinajstić information content (AvgIpc) is 3.26. The van der Waals surface area contributed by atoms with E-state index in [0.717, 1.165) is 25.4 Å². The Kier molecular flexibility index (Phi) is 7.84. The number of halogens is 3. The number of carbonyl (C=O) groups excluding carboxylic acids is 2. The molecular weight excluding hydrogens is 499 g/mol. The van der Waals surface area contributed by atoms with Gasteiger partial charge in [-0.05, 0) is 44.3 Å². The highest BCUT2D eigenvalue weighted by Crippen LogP contribution is 2.40. The first-order chi connectivity index (χ1) is 16.7. The molecule has 0 spiro atoms. The van der Waals surface area contributed by atoms with E-state index in [-0.39, 0.29) is 29.1 Å². The summed E-state index contributed by atoms with van der Waals surface area (Å²) >= 11 is 0. The largest absolute Gasteiger partial charge is 0.419 e. The zero-order chi connectivity index (χ0) is 26.8. The first-order valence-electron chi connectivity index (χ1n) is 11.2. The third-order valence-electron chi connectivity index (χ3n) is 5.73. The molecule has 0 saturated heterocycles. The number of benzene rings is 1. The number of aromatic amines is 1. The van der Waals surface area contributed by atoms with Gasteiger partial charge in [0.15, 0.2) is 0 Å². The highest BCUT2D eigenvalue weighted by molar-refractivity contribution is 7.92. The molecule has 4 N–H and O–H groups in total. The SMILES string of the molecule is CCN(CC)CCNC(=O)c1c(C)[nH]c(/C=C2\C(=O)Nc3ccc(NS(C)(=O)=O)cc32)c1C(F)(F)F. The predicted octanol–water partition coefficient (Wildman–Crippen LogP) is 3.28. The van der Waals surface area contributed by atoms with Crippen LogP contribution in [0.3, 0.4) is 0 Å². The molecule has 2 amide bonds. The molecule has 2 aromatic rings. The number of nitrogens with one attached hydrogen (secondary N) is 4. The lowest BCUT2D eigenvalue weighted by molar-refractivity contribution is -0.138. The Morgan fingerprint density at radius 1 is 1.19 bits per heavy atom. The van der Waals surface area contributed by atoms with Gasteiger partial charge in [-0.15, -0.1) is 0 Å². The molecule has 0 radical (unpaired) electrons.